The van der Waals surface area contributed by atoms with E-state index < -0.39 is 17.3 Å². The molecule has 5 heteroatoms. The Morgan fingerprint density at radius 2 is 2.06 bits per heavy atom. The van der Waals surface area contributed by atoms with Crippen LogP contribution in [-0.2, 0) is 6.54 Å². The maximum Gasteiger partial charge on any atom is 0.326 e. The molecule has 2 rings (SSSR count). The van der Waals surface area contributed by atoms with E-state index >= 15 is 0 Å². The topological polar surface area (TPSA) is 37.8 Å². The first-order valence-electron chi connectivity index (χ1n) is 5.07. The quantitative estimate of drug-likeness (QED) is 0.838. The molecule has 1 heterocycles. The van der Waals surface area contributed by atoms with Crippen molar-refractivity contribution in [1.29, 1.82) is 0 Å². The molecule has 0 aliphatic carbocycles. The van der Waals surface area contributed by atoms with E-state index in [1.54, 1.807) is 0 Å². The highest BCUT2D eigenvalue weighted by atomic mass is 19.2. The van der Waals surface area contributed by atoms with Crippen LogP contribution in [-0.4, -0.2) is 9.55 Å². The first-order chi connectivity index (χ1) is 7.50. The normalized spacial score (nSPS) is 11.6. The molecule has 3 nitrogen and oxygen atoms in total. The smallest absolute Gasteiger partial charge is 0.305 e. The second-order valence-electron chi connectivity index (χ2n) is 4.19. The molecule has 0 aliphatic rings. The highest BCUT2D eigenvalue weighted by Crippen LogP contribution is 2.18. The van der Waals surface area contributed by atoms with E-state index in [2.05, 4.69) is 4.98 Å². The second-order valence-corrected chi connectivity index (χ2v) is 4.19. The minimum absolute atomic E-state index is 0.0127. The van der Waals surface area contributed by atoms with Crippen molar-refractivity contribution < 1.29 is 8.78 Å². The summed E-state index contributed by atoms with van der Waals surface area (Å²) in [6, 6.07) is 2.37. The number of aromatic amines is 1. The van der Waals surface area contributed by atoms with Gasteiger partial charge in [0.25, 0.3) is 0 Å². The van der Waals surface area contributed by atoms with Crippen LogP contribution in [0.3, 0.4) is 0 Å². The first kappa shape index (κ1) is 10.9. The van der Waals surface area contributed by atoms with Crippen LogP contribution in [0.1, 0.15) is 13.8 Å². The number of nitrogens with one attached hydrogen (secondary N) is 1. The third-order valence-corrected chi connectivity index (χ3v) is 2.37. The lowest BCUT2D eigenvalue weighted by Gasteiger charge is -2.06. The molecular weight excluding hydrogens is 214 g/mol. The molecule has 2 aromatic rings. The summed E-state index contributed by atoms with van der Waals surface area (Å²) in [5.41, 5.74) is -0.0727. The van der Waals surface area contributed by atoms with E-state index in [0.717, 1.165) is 6.07 Å². The zero-order valence-corrected chi connectivity index (χ0v) is 9.05. The molecule has 1 aromatic heterocycles. The first-order valence-corrected chi connectivity index (χ1v) is 5.07. The Hall–Kier alpha value is -1.65. The van der Waals surface area contributed by atoms with Crippen molar-refractivity contribution in [3.63, 3.8) is 0 Å². The van der Waals surface area contributed by atoms with Crippen LogP contribution >= 0.6 is 0 Å². The molecule has 0 aliphatic heterocycles. The number of nitrogens with zero attached hydrogens (tertiary/aromatic N) is 1. The van der Waals surface area contributed by atoms with Crippen LogP contribution in [0.2, 0.25) is 0 Å². The van der Waals surface area contributed by atoms with Crippen LogP contribution in [0.15, 0.2) is 16.9 Å². The molecule has 0 spiro atoms. The predicted molar refractivity (Wildman–Crippen MR) is 57.3 cm³/mol. The van der Waals surface area contributed by atoms with Crippen LogP contribution < -0.4 is 5.69 Å². The van der Waals surface area contributed by atoms with Gasteiger partial charge in [0.2, 0.25) is 0 Å². The summed E-state index contributed by atoms with van der Waals surface area (Å²) in [6.07, 6.45) is 0. The summed E-state index contributed by atoms with van der Waals surface area (Å²) in [4.78, 5) is 14.1. The molecule has 0 radical (unpaired) electrons. The highest BCUT2D eigenvalue weighted by Gasteiger charge is 2.15. The van der Waals surface area contributed by atoms with Crippen LogP contribution in [0, 0.1) is 17.6 Å². The minimum atomic E-state index is -0.975. The van der Waals surface area contributed by atoms with Gasteiger partial charge in [-0.1, -0.05) is 13.8 Å². The standard InChI is InChI=1S/C11H12F2N2O/c1-6(2)5-15-10-8(14-11(15)16)4-3-7(12)9(10)13/h3-4,6H,5H2,1-2H3,(H,14,16). The zero-order chi connectivity index (χ0) is 11.9. The number of H-pyrrole nitrogens is 1. The highest BCUT2D eigenvalue weighted by molar-refractivity contribution is 5.75. The molecule has 0 saturated heterocycles. The number of aromatic nitrogens is 2. The fourth-order valence-corrected chi connectivity index (χ4v) is 1.73. The SMILES string of the molecule is CC(C)Cn1c(=O)[nH]c2ccc(F)c(F)c21. The van der Waals surface area contributed by atoms with Crippen molar-refractivity contribution in [3.05, 3.63) is 34.3 Å². The number of imidazole rings is 1. The molecular formula is C11H12F2N2O. The Labute approximate surface area is 90.7 Å². The predicted octanol–water partition coefficient (Wildman–Crippen LogP) is 2.26. The summed E-state index contributed by atoms with van der Waals surface area (Å²) < 4.78 is 27.9. The molecule has 0 amide bonds. The third-order valence-electron chi connectivity index (χ3n) is 2.37. The molecule has 1 aromatic carbocycles. The third kappa shape index (κ3) is 1.62. The lowest BCUT2D eigenvalue weighted by Crippen LogP contribution is -2.19. The zero-order valence-electron chi connectivity index (χ0n) is 9.05. The molecule has 16 heavy (non-hydrogen) atoms. The molecule has 0 fully saturated rings. The van der Waals surface area contributed by atoms with Crippen molar-refractivity contribution in [2.75, 3.05) is 0 Å². The number of hydrogen-bond donors (Lipinski definition) is 1. The van der Waals surface area contributed by atoms with Gasteiger partial charge in [-0.15, -0.1) is 0 Å². The number of halogens is 2. The number of rotatable bonds is 2. The molecule has 0 atom stereocenters. The fraction of sp³-hybridized carbons (Fsp3) is 0.364. The fourth-order valence-electron chi connectivity index (χ4n) is 1.73. The van der Waals surface area contributed by atoms with Gasteiger partial charge in [0.05, 0.1) is 5.52 Å². The Morgan fingerprint density at radius 1 is 1.38 bits per heavy atom. The maximum atomic E-state index is 13.6. The van der Waals surface area contributed by atoms with Gasteiger partial charge in [-0.2, -0.15) is 0 Å². The van der Waals surface area contributed by atoms with Gasteiger partial charge in [-0.3, -0.25) is 4.57 Å². The minimum Gasteiger partial charge on any atom is -0.305 e. The lowest BCUT2D eigenvalue weighted by atomic mass is 10.2. The van der Waals surface area contributed by atoms with Crippen molar-refractivity contribution in [3.8, 4) is 0 Å². The van der Waals surface area contributed by atoms with E-state index in [1.165, 1.54) is 10.6 Å². The van der Waals surface area contributed by atoms with Crippen LogP contribution in [0.5, 0.6) is 0 Å². The Kier molecular flexibility index (Phi) is 2.53. The second kappa shape index (κ2) is 3.73. The van der Waals surface area contributed by atoms with Gasteiger partial charge in [0.15, 0.2) is 11.6 Å². The van der Waals surface area contributed by atoms with Crippen molar-refractivity contribution >= 4 is 11.0 Å². The monoisotopic (exact) mass is 226 g/mol. The van der Waals surface area contributed by atoms with Crippen molar-refractivity contribution in [1.82, 2.24) is 9.55 Å². The summed E-state index contributed by atoms with van der Waals surface area (Å²) in [6.45, 7) is 4.17. The van der Waals surface area contributed by atoms with E-state index in [0.29, 0.717) is 12.1 Å². The average Bonchev–Trinajstić information content (AvgIpc) is 2.50. The van der Waals surface area contributed by atoms with E-state index in [9.17, 15) is 13.6 Å². The summed E-state index contributed by atoms with van der Waals surface area (Å²) >= 11 is 0. The Bertz CT molecular complexity index is 583. The van der Waals surface area contributed by atoms with Gasteiger partial charge in [-0.05, 0) is 18.1 Å². The molecule has 0 unspecified atom stereocenters. The van der Waals surface area contributed by atoms with Crippen molar-refractivity contribution in [2.45, 2.75) is 20.4 Å². The summed E-state index contributed by atoms with van der Waals surface area (Å²) in [5, 5.41) is 0. The van der Waals surface area contributed by atoms with E-state index in [-0.39, 0.29) is 11.4 Å². The van der Waals surface area contributed by atoms with Gasteiger partial charge < -0.3 is 4.98 Å². The molecule has 0 saturated carbocycles. The molecule has 0 bridgehead atoms. The largest absolute Gasteiger partial charge is 0.326 e. The number of fused-ring (bicyclic) bond motifs is 1. The molecule has 86 valence electrons. The van der Waals surface area contributed by atoms with Crippen molar-refractivity contribution in [2.24, 2.45) is 5.92 Å². The van der Waals surface area contributed by atoms with Gasteiger partial charge in [0, 0.05) is 6.54 Å². The van der Waals surface area contributed by atoms with Gasteiger partial charge in [-0.25, -0.2) is 13.6 Å². The maximum absolute atomic E-state index is 13.6. The number of hydrogen-bond acceptors (Lipinski definition) is 1. The summed E-state index contributed by atoms with van der Waals surface area (Å²) in [5.74, 6) is -1.74. The lowest BCUT2D eigenvalue weighted by molar-refractivity contribution is 0.492. The van der Waals surface area contributed by atoms with Crippen LogP contribution in [0.4, 0.5) is 8.78 Å². The van der Waals surface area contributed by atoms with E-state index in [1.807, 2.05) is 13.8 Å². The number of benzene rings is 1. The van der Waals surface area contributed by atoms with E-state index in [4.69, 9.17) is 0 Å². The molecule has 1 N–H and O–H groups in total. The summed E-state index contributed by atoms with van der Waals surface area (Å²) in [7, 11) is 0. The average molecular weight is 226 g/mol. The van der Waals surface area contributed by atoms with Gasteiger partial charge >= 0.3 is 5.69 Å². The van der Waals surface area contributed by atoms with Gasteiger partial charge in [0.1, 0.15) is 5.52 Å². The Morgan fingerprint density at radius 3 is 2.69 bits per heavy atom. The Balaban J connectivity index is 2.76. The van der Waals surface area contributed by atoms with Crippen LogP contribution in [0.25, 0.3) is 11.0 Å².